The van der Waals surface area contributed by atoms with E-state index in [1.54, 1.807) is 0 Å². The zero-order chi connectivity index (χ0) is 12.2. The number of hydrogen-bond donors (Lipinski definition) is 1. The molecule has 1 rings (SSSR count). The lowest BCUT2D eigenvalue weighted by molar-refractivity contribution is -0.137. The van der Waals surface area contributed by atoms with Gasteiger partial charge in [0.1, 0.15) is 0 Å². The van der Waals surface area contributed by atoms with Crippen LogP contribution < -0.4 is 5.32 Å². The van der Waals surface area contributed by atoms with Crippen LogP contribution in [0.2, 0.25) is 0 Å². The van der Waals surface area contributed by atoms with Gasteiger partial charge in [-0.25, -0.2) is 0 Å². The Hall–Kier alpha value is -1.92. The Labute approximate surface area is 88.4 Å². The molecule has 0 saturated heterocycles. The molecule has 0 heterocycles. The van der Waals surface area contributed by atoms with E-state index in [4.69, 9.17) is 0 Å². The Morgan fingerprint density at radius 1 is 1.38 bits per heavy atom. The standard InChI is InChI=1S/C9H7F3N2O2/c10-9(11,12)6-2-1-3-7(4-6)14-8(15)5-13-16/h1-4H,5H2,(H,14,15). The molecule has 0 atom stereocenters. The number of alkyl halides is 3. The van der Waals surface area contributed by atoms with E-state index in [-0.39, 0.29) is 5.69 Å². The molecule has 0 spiro atoms. The molecule has 0 unspecified atom stereocenters. The highest BCUT2D eigenvalue weighted by molar-refractivity contribution is 5.92. The maximum Gasteiger partial charge on any atom is 0.416 e. The Morgan fingerprint density at radius 2 is 2.06 bits per heavy atom. The monoisotopic (exact) mass is 232 g/mol. The molecule has 1 aromatic rings. The lowest BCUT2D eigenvalue weighted by atomic mass is 10.2. The summed E-state index contributed by atoms with van der Waals surface area (Å²) < 4.78 is 36.8. The van der Waals surface area contributed by atoms with Crippen molar-refractivity contribution in [2.75, 3.05) is 11.9 Å². The van der Waals surface area contributed by atoms with E-state index >= 15 is 0 Å². The van der Waals surface area contributed by atoms with Crippen molar-refractivity contribution in [3.05, 3.63) is 34.7 Å². The van der Waals surface area contributed by atoms with Gasteiger partial charge in [-0.2, -0.15) is 18.1 Å². The fraction of sp³-hybridized carbons (Fsp3) is 0.222. The van der Waals surface area contributed by atoms with Crippen molar-refractivity contribution in [1.82, 2.24) is 0 Å². The number of nitrogens with one attached hydrogen (secondary N) is 1. The predicted octanol–water partition coefficient (Wildman–Crippen LogP) is 2.41. The van der Waals surface area contributed by atoms with Gasteiger partial charge in [-0.15, -0.1) is 0 Å². The van der Waals surface area contributed by atoms with Gasteiger partial charge in [0.05, 0.1) is 5.56 Å². The molecule has 1 aromatic carbocycles. The van der Waals surface area contributed by atoms with Crippen molar-refractivity contribution in [3.8, 4) is 0 Å². The van der Waals surface area contributed by atoms with Crippen LogP contribution in [0.5, 0.6) is 0 Å². The summed E-state index contributed by atoms with van der Waals surface area (Å²) in [5.41, 5.74) is -0.896. The van der Waals surface area contributed by atoms with Gasteiger partial charge >= 0.3 is 6.18 Å². The molecule has 0 aromatic heterocycles. The molecule has 16 heavy (non-hydrogen) atoms. The minimum absolute atomic E-state index is 0.0246. The molecule has 1 amide bonds. The molecule has 0 fully saturated rings. The van der Waals surface area contributed by atoms with E-state index in [2.05, 4.69) is 10.5 Å². The molecule has 0 saturated carbocycles. The van der Waals surface area contributed by atoms with Gasteiger partial charge in [0, 0.05) is 5.69 Å². The lowest BCUT2D eigenvalue weighted by Crippen LogP contribution is -2.15. The van der Waals surface area contributed by atoms with Gasteiger partial charge in [0.15, 0.2) is 6.54 Å². The largest absolute Gasteiger partial charge is 0.416 e. The van der Waals surface area contributed by atoms with Crippen molar-refractivity contribution in [1.29, 1.82) is 0 Å². The molecule has 0 bridgehead atoms. The number of rotatable bonds is 3. The number of carbonyl (C=O) groups excluding carboxylic acids is 1. The lowest BCUT2D eigenvalue weighted by Gasteiger charge is -2.08. The number of nitrogens with zero attached hydrogens (tertiary/aromatic N) is 1. The number of nitroso groups, excluding NO2 is 1. The Balaban J connectivity index is 2.83. The first-order valence-electron chi connectivity index (χ1n) is 4.19. The fourth-order valence-electron chi connectivity index (χ4n) is 1.03. The first-order chi connectivity index (χ1) is 7.43. The summed E-state index contributed by atoms with van der Waals surface area (Å²) in [5.74, 6) is -0.755. The smallest absolute Gasteiger partial charge is 0.324 e. The normalized spacial score (nSPS) is 10.9. The molecule has 0 aliphatic carbocycles. The molecule has 86 valence electrons. The summed E-state index contributed by atoms with van der Waals surface area (Å²) in [4.78, 5) is 20.6. The molecular formula is C9H7F3N2O2. The number of benzene rings is 1. The second-order valence-electron chi connectivity index (χ2n) is 2.91. The van der Waals surface area contributed by atoms with Crippen LogP contribution in [-0.4, -0.2) is 12.5 Å². The van der Waals surface area contributed by atoms with E-state index in [9.17, 15) is 22.9 Å². The minimum atomic E-state index is -4.47. The summed E-state index contributed by atoms with van der Waals surface area (Å²) in [6.07, 6.45) is -4.47. The van der Waals surface area contributed by atoms with E-state index in [1.165, 1.54) is 6.07 Å². The van der Waals surface area contributed by atoms with Crippen molar-refractivity contribution in [3.63, 3.8) is 0 Å². The molecular weight excluding hydrogens is 225 g/mol. The van der Waals surface area contributed by atoms with Crippen LogP contribution in [0, 0.1) is 4.91 Å². The average molecular weight is 232 g/mol. The van der Waals surface area contributed by atoms with Crippen LogP contribution in [0.25, 0.3) is 0 Å². The maximum atomic E-state index is 12.3. The zero-order valence-corrected chi connectivity index (χ0v) is 7.91. The van der Waals surface area contributed by atoms with Crippen molar-refractivity contribution < 1.29 is 18.0 Å². The van der Waals surface area contributed by atoms with E-state index in [1.807, 2.05) is 0 Å². The number of carbonyl (C=O) groups is 1. The van der Waals surface area contributed by atoms with Gasteiger partial charge in [0.25, 0.3) is 0 Å². The zero-order valence-electron chi connectivity index (χ0n) is 7.91. The van der Waals surface area contributed by atoms with Crippen molar-refractivity contribution in [2.24, 2.45) is 5.18 Å². The highest BCUT2D eigenvalue weighted by atomic mass is 19.4. The van der Waals surface area contributed by atoms with Gasteiger partial charge in [-0.05, 0) is 18.2 Å². The maximum absolute atomic E-state index is 12.3. The summed E-state index contributed by atoms with van der Waals surface area (Å²) in [6, 6.07) is 4.11. The van der Waals surface area contributed by atoms with Crippen LogP contribution in [0.1, 0.15) is 5.56 Å². The van der Waals surface area contributed by atoms with Crippen LogP contribution >= 0.6 is 0 Å². The van der Waals surface area contributed by atoms with Crippen LogP contribution in [0.15, 0.2) is 29.4 Å². The number of halogens is 3. The van der Waals surface area contributed by atoms with E-state index in [0.717, 1.165) is 18.2 Å². The van der Waals surface area contributed by atoms with E-state index < -0.39 is 24.2 Å². The highest BCUT2D eigenvalue weighted by Crippen LogP contribution is 2.30. The first kappa shape index (κ1) is 12.2. The number of amides is 1. The topological polar surface area (TPSA) is 58.5 Å². The van der Waals surface area contributed by atoms with Crippen LogP contribution in [-0.2, 0) is 11.0 Å². The minimum Gasteiger partial charge on any atom is -0.324 e. The number of anilines is 1. The molecule has 4 nitrogen and oxygen atoms in total. The Kier molecular flexibility index (Phi) is 3.60. The third-order valence-electron chi connectivity index (χ3n) is 1.68. The second kappa shape index (κ2) is 4.73. The van der Waals surface area contributed by atoms with E-state index in [0.29, 0.717) is 0 Å². The van der Waals surface area contributed by atoms with Crippen molar-refractivity contribution >= 4 is 11.6 Å². The third-order valence-corrected chi connectivity index (χ3v) is 1.68. The van der Waals surface area contributed by atoms with Gasteiger partial charge in [-0.1, -0.05) is 11.2 Å². The number of hydrogen-bond acceptors (Lipinski definition) is 3. The Bertz CT molecular complexity index is 404. The summed E-state index contributed by atoms with van der Waals surface area (Å²) in [7, 11) is 0. The predicted molar refractivity (Wildman–Crippen MR) is 50.7 cm³/mol. The molecule has 0 aliphatic rings. The Morgan fingerprint density at radius 3 is 2.62 bits per heavy atom. The third kappa shape index (κ3) is 3.34. The van der Waals surface area contributed by atoms with Gasteiger partial charge in [-0.3, -0.25) is 4.79 Å². The molecule has 0 radical (unpaired) electrons. The van der Waals surface area contributed by atoms with Crippen molar-refractivity contribution in [2.45, 2.75) is 6.18 Å². The first-order valence-corrected chi connectivity index (χ1v) is 4.19. The van der Waals surface area contributed by atoms with Gasteiger partial charge < -0.3 is 5.32 Å². The quantitative estimate of drug-likeness (QED) is 0.813. The molecule has 7 heteroatoms. The van der Waals surface area contributed by atoms with Crippen LogP contribution in [0.3, 0.4) is 0 Å². The van der Waals surface area contributed by atoms with Crippen LogP contribution in [0.4, 0.5) is 18.9 Å². The highest BCUT2D eigenvalue weighted by Gasteiger charge is 2.30. The summed E-state index contributed by atoms with van der Waals surface area (Å²) in [5, 5.41) is 4.44. The summed E-state index contributed by atoms with van der Waals surface area (Å²) in [6.45, 7) is -0.629. The average Bonchev–Trinajstić information content (AvgIpc) is 2.17. The van der Waals surface area contributed by atoms with Gasteiger partial charge in [0.2, 0.25) is 5.91 Å². The second-order valence-corrected chi connectivity index (χ2v) is 2.91. The summed E-state index contributed by atoms with van der Waals surface area (Å²) >= 11 is 0. The molecule has 1 N–H and O–H groups in total. The fourth-order valence-corrected chi connectivity index (χ4v) is 1.03. The molecule has 0 aliphatic heterocycles. The SMILES string of the molecule is O=NCC(=O)Nc1cccc(C(F)(F)F)c1.